The second-order valence-electron chi connectivity index (χ2n) is 6.31. The fraction of sp³-hybridized carbons (Fsp3) is 0.136. The molecule has 0 saturated heterocycles. The van der Waals surface area contributed by atoms with E-state index in [0.29, 0.717) is 22.1 Å². The molecule has 0 aliphatic heterocycles. The van der Waals surface area contributed by atoms with E-state index in [1.165, 1.54) is 25.3 Å². The molecule has 3 aromatic carbocycles. The molecule has 0 unspecified atom stereocenters. The Labute approximate surface area is 176 Å². The Morgan fingerprint density at radius 3 is 2.50 bits per heavy atom. The molecule has 3 aromatic rings. The van der Waals surface area contributed by atoms with E-state index in [0.717, 1.165) is 12.1 Å². The number of hydrogen-bond acceptors (Lipinski definition) is 3. The highest BCUT2D eigenvalue weighted by molar-refractivity contribution is 6.30. The summed E-state index contributed by atoms with van der Waals surface area (Å²) in [4.78, 5) is 12.6. The fourth-order valence-corrected chi connectivity index (χ4v) is 2.91. The van der Waals surface area contributed by atoms with Gasteiger partial charge in [0.2, 0.25) is 0 Å². The van der Waals surface area contributed by atoms with Gasteiger partial charge in [0.25, 0.3) is 5.91 Å². The number of methoxy groups -OCH3 is 1. The lowest BCUT2D eigenvalue weighted by atomic mass is 10.1. The second kappa shape index (κ2) is 9.09. The van der Waals surface area contributed by atoms with Crippen LogP contribution in [0.3, 0.4) is 0 Å². The van der Waals surface area contributed by atoms with Gasteiger partial charge in [0.1, 0.15) is 18.1 Å². The number of amides is 1. The zero-order valence-electron chi connectivity index (χ0n) is 15.8. The lowest BCUT2D eigenvalue weighted by Crippen LogP contribution is -2.14. The predicted octanol–water partition coefficient (Wildman–Crippen LogP) is 6.20. The molecule has 4 nitrogen and oxygen atoms in total. The standard InChI is InChI=1S/C22H17ClF3NO3/c1-29-20-9-8-14(10-15(20)13-30-19-7-3-5-17(23)12-19)21(28)27-18-6-2-4-16(11-18)22(24,25)26/h2-12H,13H2,1H3,(H,27,28). The van der Waals surface area contributed by atoms with Gasteiger partial charge in [0, 0.05) is 21.8 Å². The van der Waals surface area contributed by atoms with Crippen LogP contribution in [0.25, 0.3) is 0 Å². The van der Waals surface area contributed by atoms with Crippen LogP contribution >= 0.6 is 11.6 Å². The molecule has 30 heavy (non-hydrogen) atoms. The van der Waals surface area contributed by atoms with Crippen LogP contribution in [0, 0.1) is 0 Å². The molecule has 0 aliphatic carbocycles. The van der Waals surface area contributed by atoms with E-state index in [9.17, 15) is 18.0 Å². The summed E-state index contributed by atoms with van der Waals surface area (Å²) >= 11 is 5.94. The monoisotopic (exact) mass is 435 g/mol. The van der Waals surface area contributed by atoms with Crippen molar-refractivity contribution in [2.24, 2.45) is 0 Å². The number of carbonyl (C=O) groups is 1. The molecule has 156 valence electrons. The number of ether oxygens (including phenoxy) is 2. The first-order chi connectivity index (χ1) is 14.3. The molecule has 0 saturated carbocycles. The van der Waals surface area contributed by atoms with Crippen LogP contribution in [-0.2, 0) is 12.8 Å². The summed E-state index contributed by atoms with van der Waals surface area (Å²) in [7, 11) is 1.49. The highest BCUT2D eigenvalue weighted by Crippen LogP contribution is 2.31. The van der Waals surface area contributed by atoms with E-state index in [4.69, 9.17) is 21.1 Å². The molecule has 0 radical (unpaired) electrons. The number of benzene rings is 3. The largest absolute Gasteiger partial charge is 0.496 e. The van der Waals surface area contributed by atoms with Gasteiger partial charge in [-0.1, -0.05) is 23.7 Å². The van der Waals surface area contributed by atoms with Crippen LogP contribution in [0.2, 0.25) is 5.02 Å². The van der Waals surface area contributed by atoms with Crippen molar-refractivity contribution in [3.8, 4) is 11.5 Å². The normalized spacial score (nSPS) is 11.1. The summed E-state index contributed by atoms with van der Waals surface area (Å²) in [5.41, 5.74) is 0.0417. The molecule has 3 rings (SSSR count). The Morgan fingerprint density at radius 2 is 1.80 bits per heavy atom. The van der Waals surface area contributed by atoms with Gasteiger partial charge in [0.15, 0.2) is 0 Å². The Hall–Kier alpha value is -3.19. The number of carbonyl (C=O) groups excluding carboxylic acids is 1. The Morgan fingerprint density at radius 1 is 1.03 bits per heavy atom. The van der Waals surface area contributed by atoms with Crippen molar-refractivity contribution >= 4 is 23.2 Å². The second-order valence-corrected chi connectivity index (χ2v) is 6.74. The van der Waals surface area contributed by atoms with Gasteiger partial charge in [-0.05, 0) is 54.6 Å². The molecule has 0 fully saturated rings. The maximum atomic E-state index is 12.9. The maximum Gasteiger partial charge on any atom is 0.416 e. The van der Waals surface area contributed by atoms with Crippen LogP contribution in [0.1, 0.15) is 21.5 Å². The van der Waals surface area contributed by atoms with Crippen LogP contribution in [0.5, 0.6) is 11.5 Å². The van der Waals surface area contributed by atoms with Crippen molar-refractivity contribution in [3.05, 3.63) is 88.4 Å². The Kier molecular flexibility index (Phi) is 6.52. The smallest absolute Gasteiger partial charge is 0.416 e. The zero-order chi connectivity index (χ0) is 21.7. The van der Waals surface area contributed by atoms with E-state index in [2.05, 4.69) is 5.32 Å². The number of nitrogens with one attached hydrogen (secondary N) is 1. The van der Waals surface area contributed by atoms with Crippen LogP contribution < -0.4 is 14.8 Å². The summed E-state index contributed by atoms with van der Waals surface area (Å²) in [6.45, 7) is 0.105. The Balaban J connectivity index is 1.77. The van der Waals surface area contributed by atoms with Gasteiger partial charge in [-0.25, -0.2) is 0 Å². The number of alkyl halides is 3. The SMILES string of the molecule is COc1ccc(C(=O)Nc2cccc(C(F)(F)F)c2)cc1COc1cccc(Cl)c1. The maximum absolute atomic E-state index is 12.9. The van der Waals surface area contributed by atoms with Gasteiger partial charge in [-0.2, -0.15) is 13.2 Å². The molecular weight excluding hydrogens is 419 g/mol. The van der Waals surface area contributed by atoms with Gasteiger partial charge >= 0.3 is 6.18 Å². The number of rotatable bonds is 6. The fourth-order valence-electron chi connectivity index (χ4n) is 2.73. The average Bonchev–Trinajstić information content (AvgIpc) is 2.71. The van der Waals surface area contributed by atoms with Gasteiger partial charge in [0.05, 0.1) is 12.7 Å². The topological polar surface area (TPSA) is 47.6 Å². The van der Waals surface area contributed by atoms with E-state index in [1.54, 1.807) is 36.4 Å². The van der Waals surface area contributed by atoms with E-state index < -0.39 is 17.6 Å². The summed E-state index contributed by atoms with van der Waals surface area (Å²) in [6.07, 6.45) is -4.49. The summed E-state index contributed by atoms with van der Waals surface area (Å²) in [6, 6.07) is 16.0. The molecular formula is C22H17ClF3NO3. The number of hydrogen-bond donors (Lipinski definition) is 1. The first kappa shape index (κ1) is 21.5. The number of halogens is 4. The van der Waals surface area contributed by atoms with Gasteiger partial charge < -0.3 is 14.8 Å². The highest BCUT2D eigenvalue weighted by atomic mass is 35.5. The predicted molar refractivity (Wildman–Crippen MR) is 108 cm³/mol. The summed E-state index contributed by atoms with van der Waals surface area (Å²) in [5, 5.41) is 3.00. The van der Waals surface area contributed by atoms with Crippen LogP contribution in [0.15, 0.2) is 66.7 Å². The molecule has 0 aliphatic rings. The number of anilines is 1. The highest BCUT2D eigenvalue weighted by Gasteiger charge is 2.30. The van der Waals surface area contributed by atoms with Gasteiger partial charge in [-0.15, -0.1) is 0 Å². The van der Waals surface area contributed by atoms with Crippen molar-refractivity contribution in [1.29, 1.82) is 0 Å². The minimum Gasteiger partial charge on any atom is -0.496 e. The third-order valence-electron chi connectivity index (χ3n) is 4.18. The minimum absolute atomic E-state index is 0.0439. The summed E-state index contributed by atoms with van der Waals surface area (Å²) < 4.78 is 49.6. The van der Waals surface area contributed by atoms with Crippen molar-refractivity contribution in [1.82, 2.24) is 0 Å². The third kappa shape index (κ3) is 5.45. The van der Waals surface area contributed by atoms with Crippen molar-refractivity contribution in [3.63, 3.8) is 0 Å². The molecule has 0 spiro atoms. The van der Waals surface area contributed by atoms with E-state index in [1.807, 2.05) is 0 Å². The zero-order valence-corrected chi connectivity index (χ0v) is 16.6. The molecule has 1 N–H and O–H groups in total. The minimum atomic E-state index is -4.49. The first-order valence-corrected chi connectivity index (χ1v) is 9.18. The van der Waals surface area contributed by atoms with E-state index >= 15 is 0 Å². The molecule has 0 aromatic heterocycles. The average molecular weight is 436 g/mol. The first-order valence-electron chi connectivity index (χ1n) is 8.80. The molecule has 1 amide bonds. The summed E-state index contributed by atoms with van der Waals surface area (Å²) in [5.74, 6) is 0.497. The van der Waals surface area contributed by atoms with Crippen LogP contribution in [-0.4, -0.2) is 13.0 Å². The van der Waals surface area contributed by atoms with Gasteiger partial charge in [-0.3, -0.25) is 4.79 Å². The Bertz CT molecular complexity index is 1050. The molecule has 0 atom stereocenters. The molecule has 0 heterocycles. The lowest BCUT2D eigenvalue weighted by Gasteiger charge is -2.13. The van der Waals surface area contributed by atoms with Crippen molar-refractivity contribution in [2.45, 2.75) is 12.8 Å². The van der Waals surface area contributed by atoms with Crippen molar-refractivity contribution in [2.75, 3.05) is 12.4 Å². The molecule has 0 bridgehead atoms. The van der Waals surface area contributed by atoms with E-state index in [-0.39, 0.29) is 17.9 Å². The van der Waals surface area contributed by atoms with Crippen LogP contribution in [0.4, 0.5) is 18.9 Å². The van der Waals surface area contributed by atoms with Crippen molar-refractivity contribution < 1.29 is 27.4 Å². The quantitative estimate of drug-likeness (QED) is 0.501. The lowest BCUT2D eigenvalue weighted by molar-refractivity contribution is -0.137. The molecule has 8 heteroatoms. The third-order valence-corrected chi connectivity index (χ3v) is 4.42.